The van der Waals surface area contributed by atoms with Crippen LogP contribution in [0.15, 0.2) is 24.3 Å². The van der Waals surface area contributed by atoms with Crippen molar-refractivity contribution in [2.45, 2.75) is 57.9 Å². The summed E-state index contributed by atoms with van der Waals surface area (Å²) in [6.07, 6.45) is 8.32. The van der Waals surface area contributed by atoms with E-state index in [0.29, 0.717) is 18.0 Å². The first kappa shape index (κ1) is 21.2. The predicted molar refractivity (Wildman–Crippen MR) is 108 cm³/mol. The first-order valence-electron chi connectivity index (χ1n) is 10.1. The van der Waals surface area contributed by atoms with Crippen molar-refractivity contribution in [2.75, 3.05) is 32.1 Å². The van der Waals surface area contributed by atoms with Gasteiger partial charge in [0, 0.05) is 6.04 Å². The molecule has 27 heavy (non-hydrogen) atoms. The molecule has 0 saturated heterocycles. The minimum absolute atomic E-state index is 0.00696. The molecule has 2 N–H and O–H groups in total. The standard InChI is InChI=1S/C21H33N3O3/c1-3-24(15-20(25)22-17-11-7-5-4-6-8-12-17)16-21(26)23-18-13-9-10-14-19(18)27-2/h9-10,13-14,17H,3-8,11-12,15-16H2,1-2H3,(H,22,25)(H,23,26). The normalized spacial score (nSPS) is 15.7. The Morgan fingerprint density at radius 2 is 1.67 bits per heavy atom. The van der Waals surface area contributed by atoms with Crippen LogP contribution in [0.4, 0.5) is 5.69 Å². The van der Waals surface area contributed by atoms with Gasteiger partial charge in [0.15, 0.2) is 0 Å². The second-order valence-electron chi connectivity index (χ2n) is 7.16. The minimum atomic E-state index is -0.153. The Kier molecular flexibility index (Phi) is 9.11. The molecule has 1 aromatic rings. The van der Waals surface area contributed by atoms with Gasteiger partial charge in [0.25, 0.3) is 0 Å². The molecule has 6 heteroatoms. The smallest absolute Gasteiger partial charge is 0.238 e. The topological polar surface area (TPSA) is 70.7 Å². The zero-order valence-electron chi connectivity index (χ0n) is 16.6. The maximum atomic E-state index is 12.4. The number of anilines is 1. The quantitative estimate of drug-likeness (QED) is 0.732. The number of likely N-dealkylation sites (N-methyl/N-ethyl adjacent to an activating group) is 1. The fourth-order valence-electron chi connectivity index (χ4n) is 3.50. The SMILES string of the molecule is CCN(CC(=O)Nc1ccccc1OC)CC(=O)NC1CCCCCCC1. The van der Waals surface area contributed by atoms with Crippen molar-refractivity contribution in [1.29, 1.82) is 0 Å². The maximum absolute atomic E-state index is 12.4. The van der Waals surface area contributed by atoms with Crippen LogP contribution in [0.5, 0.6) is 5.75 Å². The molecule has 0 radical (unpaired) electrons. The molecule has 0 heterocycles. The Bertz CT molecular complexity index is 598. The van der Waals surface area contributed by atoms with E-state index in [1.54, 1.807) is 19.2 Å². The molecule has 0 bridgehead atoms. The van der Waals surface area contributed by atoms with Crippen LogP contribution in [-0.4, -0.2) is 49.5 Å². The lowest BCUT2D eigenvalue weighted by Gasteiger charge is -2.24. The van der Waals surface area contributed by atoms with E-state index in [2.05, 4.69) is 10.6 Å². The average molecular weight is 376 g/mol. The minimum Gasteiger partial charge on any atom is -0.495 e. The number of benzene rings is 1. The monoisotopic (exact) mass is 375 g/mol. The molecule has 6 nitrogen and oxygen atoms in total. The molecule has 0 aliphatic heterocycles. The van der Waals surface area contributed by atoms with E-state index < -0.39 is 0 Å². The number of carbonyl (C=O) groups excluding carboxylic acids is 2. The third kappa shape index (κ3) is 7.59. The number of hydrogen-bond acceptors (Lipinski definition) is 4. The zero-order chi connectivity index (χ0) is 19.5. The van der Waals surface area contributed by atoms with Crippen LogP contribution >= 0.6 is 0 Å². The van der Waals surface area contributed by atoms with Crippen LogP contribution in [0.2, 0.25) is 0 Å². The van der Waals surface area contributed by atoms with Crippen LogP contribution in [0, 0.1) is 0 Å². The molecular formula is C21H33N3O3. The highest BCUT2D eigenvalue weighted by Crippen LogP contribution is 2.22. The molecular weight excluding hydrogens is 342 g/mol. The summed E-state index contributed by atoms with van der Waals surface area (Å²) in [7, 11) is 1.57. The van der Waals surface area contributed by atoms with Crippen molar-refractivity contribution >= 4 is 17.5 Å². The number of methoxy groups -OCH3 is 1. The molecule has 1 aliphatic rings. The van der Waals surface area contributed by atoms with Gasteiger partial charge in [-0.2, -0.15) is 0 Å². The predicted octanol–water partition coefficient (Wildman–Crippen LogP) is 3.18. The van der Waals surface area contributed by atoms with Gasteiger partial charge < -0.3 is 15.4 Å². The molecule has 1 saturated carbocycles. The van der Waals surface area contributed by atoms with Crippen molar-refractivity contribution in [3.05, 3.63) is 24.3 Å². The molecule has 2 rings (SSSR count). The van der Waals surface area contributed by atoms with Crippen LogP contribution in [-0.2, 0) is 9.59 Å². The summed E-state index contributed by atoms with van der Waals surface area (Å²) in [5.41, 5.74) is 0.639. The molecule has 0 atom stereocenters. The largest absolute Gasteiger partial charge is 0.495 e. The van der Waals surface area contributed by atoms with E-state index in [4.69, 9.17) is 4.74 Å². The fourth-order valence-corrected chi connectivity index (χ4v) is 3.50. The average Bonchev–Trinajstić information content (AvgIpc) is 2.63. The Morgan fingerprint density at radius 1 is 1.04 bits per heavy atom. The summed E-state index contributed by atoms with van der Waals surface area (Å²) in [5, 5.41) is 6.02. The number of nitrogens with one attached hydrogen (secondary N) is 2. The first-order chi connectivity index (χ1) is 13.1. The van der Waals surface area contributed by atoms with Gasteiger partial charge in [-0.3, -0.25) is 14.5 Å². The number of rotatable bonds is 8. The summed E-state index contributed by atoms with van der Waals surface area (Å²) in [5.74, 6) is 0.476. The van der Waals surface area contributed by atoms with Crippen molar-refractivity contribution < 1.29 is 14.3 Å². The third-order valence-corrected chi connectivity index (χ3v) is 5.03. The van der Waals surface area contributed by atoms with Crippen LogP contribution in [0.3, 0.4) is 0 Å². The highest BCUT2D eigenvalue weighted by Gasteiger charge is 2.18. The number of carbonyl (C=O) groups is 2. The molecule has 1 aliphatic carbocycles. The summed E-state index contributed by atoms with van der Waals surface area (Å²) < 4.78 is 5.25. The summed E-state index contributed by atoms with van der Waals surface area (Å²) in [6.45, 7) is 3.01. The number of amides is 2. The van der Waals surface area contributed by atoms with E-state index in [1.165, 1.54) is 32.1 Å². The van der Waals surface area contributed by atoms with Gasteiger partial charge in [-0.15, -0.1) is 0 Å². The molecule has 0 aromatic heterocycles. The molecule has 0 spiro atoms. The van der Waals surface area contributed by atoms with E-state index >= 15 is 0 Å². The van der Waals surface area contributed by atoms with Gasteiger partial charge in [0.05, 0.1) is 25.9 Å². The number of ether oxygens (including phenoxy) is 1. The van der Waals surface area contributed by atoms with E-state index in [9.17, 15) is 9.59 Å². The third-order valence-electron chi connectivity index (χ3n) is 5.03. The Morgan fingerprint density at radius 3 is 2.33 bits per heavy atom. The van der Waals surface area contributed by atoms with Crippen LogP contribution in [0.1, 0.15) is 51.9 Å². The van der Waals surface area contributed by atoms with Crippen molar-refractivity contribution in [3.63, 3.8) is 0 Å². The van der Waals surface area contributed by atoms with Crippen LogP contribution < -0.4 is 15.4 Å². The first-order valence-corrected chi connectivity index (χ1v) is 10.1. The highest BCUT2D eigenvalue weighted by molar-refractivity contribution is 5.94. The van der Waals surface area contributed by atoms with Crippen molar-refractivity contribution in [1.82, 2.24) is 10.2 Å². The molecule has 150 valence electrons. The maximum Gasteiger partial charge on any atom is 0.238 e. The fraction of sp³-hybridized carbons (Fsp3) is 0.619. The van der Waals surface area contributed by atoms with Crippen molar-refractivity contribution in [2.24, 2.45) is 0 Å². The molecule has 1 aromatic carbocycles. The highest BCUT2D eigenvalue weighted by atomic mass is 16.5. The van der Waals surface area contributed by atoms with Gasteiger partial charge in [0.1, 0.15) is 5.75 Å². The summed E-state index contributed by atoms with van der Waals surface area (Å²) in [6, 6.07) is 7.58. The van der Waals surface area contributed by atoms with Gasteiger partial charge in [-0.1, -0.05) is 51.2 Å². The number of nitrogens with zero attached hydrogens (tertiary/aromatic N) is 1. The Hall–Kier alpha value is -2.08. The van der Waals surface area contributed by atoms with E-state index in [1.807, 2.05) is 24.0 Å². The Labute approximate surface area is 162 Å². The van der Waals surface area contributed by atoms with Gasteiger partial charge in [0.2, 0.25) is 11.8 Å². The van der Waals surface area contributed by atoms with Gasteiger partial charge in [-0.05, 0) is 31.5 Å². The molecule has 2 amide bonds. The lowest BCUT2D eigenvalue weighted by atomic mass is 9.97. The van der Waals surface area contributed by atoms with Crippen molar-refractivity contribution in [3.8, 4) is 5.75 Å². The molecule has 1 fully saturated rings. The summed E-state index contributed by atoms with van der Waals surface area (Å²) in [4.78, 5) is 26.6. The second-order valence-corrected chi connectivity index (χ2v) is 7.16. The van der Waals surface area contributed by atoms with Gasteiger partial charge in [-0.25, -0.2) is 0 Å². The number of hydrogen-bond donors (Lipinski definition) is 2. The number of para-hydroxylation sites is 2. The lowest BCUT2D eigenvalue weighted by Crippen LogP contribution is -2.44. The molecule has 0 unspecified atom stereocenters. The van der Waals surface area contributed by atoms with E-state index in [-0.39, 0.29) is 30.9 Å². The van der Waals surface area contributed by atoms with Crippen LogP contribution in [0.25, 0.3) is 0 Å². The van der Waals surface area contributed by atoms with Gasteiger partial charge >= 0.3 is 0 Å². The summed E-state index contributed by atoms with van der Waals surface area (Å²) >= 11 is 0. The lowest BCUT2D eigenvalue weighted by molar-refractivity contribution is -0.124. The Balaban J connectivity index is 1.81. The zero-order valence-corrected chi connectivity index (χ0v) is 16.6. The van der Waals surface area contributed by atoms with E-state index in [0.717, 1.165) is 12.8 Å². The second kappa shape index (κ2) is 11.6.